The minimum Gasteiger partial charge on any atom is -0.687 e. The van der Waals surface area contributed by atoms with Crippen LogP contribution in [0.15, 0.2) is 95.6 Å². The number of hydrogen-bond donors (Lipinski definition) is 1. The highest BCUT2D eigenvalue weighted by molar-refractivity contribution is 7.76. The van der Waals surface area contributed by atoms with Crippen molar-refractivity contribution in [3.8, 4) is 0 Å². The van der Waals surface area contributed by atoms with E-state index >= 15 is 0 Å². The molecule has 1 atom stereocenters. The van der Waals surface area contributed by atoms with Crippen LogP contribution in [0.25, 0.3) is 0 Å². The van der Waals surface area contributed by atoms with E-state index in [1.54, 1.807) is 60.7 Å². The van der Waals surface area contributed by atoms with Crippen LogP contribution >= 0.6 is 15.3 Å². The first-order chi connectivity index (χ1) is 17.9. The molecular weight excluding hydrogens is 514 g/mol. The number of hydrogen-bond acceptors (Lipinski definition) is 4. The fraction of sp³-hybridized carbons (Fsp3) is 0.419. The minimum atomic E-state index is -5.51. The molecule has 0 saturated heterocycles. The van der Waals surface area contributed by atoms with Gasteiger partial charge >= 0.3 is 0 Å². The smallest absolute Gasteiger partial charge is 0.242 e. The zero-order chi connectivity index (χ0) is 28.2. The van der Waals surface area contributed by atoms with Crippen LogP contribution in [-0.4, -0.2) is 16.0 Å². The highest BCUT2D eigenvalue weighted by Crippen LogP contribution is 2.71. The van der Waals surface area contributed by atoms with E-state index < -0.39 is 20.2 Å². The van der Waals surface area contributed by atoms with Gasteiger partial charge in [-0.15, -0.1) is 7.94 Å². The minimum absolute atomic E-state index is 0.230. The lowest BCUT2D eigenvalue weighted by atomic mass is 10.0. The second-order valence-corrected chi connectivity index (χ2v) is 15.4. The van der Waals surface area contributed by atoms with Crippen molar-refractivity contribution in [2.45, 2.75) is 77.5 Å². The maximum Gasteiger partial charge on any atom is 0.242 e. The Morgan fingerprint density at radius 2 is 1.18 bits per heavy atom. The Morgan fingerprint density at radius 3 is 1.61 bits per heavy atom. The predicted octanol–water partition coefficient (Wildman–Crippen LogP) is 6.09. The molecule has 0 aromatic heterocycles. The van der Waals surface area contributed by atoms with Gasteiger partial charge in [0.15, 0.2) is 0 Å². The summed E-state index contributed by atoms with van der Waals surface area (Å²) in [5.41, 5.74) is 4.82. The second kappa shape index (κ2) is 15.1. The molecule has 38 heavy (non-hydrogen) atoms. The van der Waals surface area contributed by atoms with Crippen molar-refractivity contribution in [2.24, 2.45) is 0 Å². The van der Waals surface area contributed by atoms with E-state index in [-0.39, 0.29) is 25.4 Å². The summed E-state index contributed by atoms with van der Waals surface area (Å²) >= 11 is 0. The van der Waals surface area contributed by atoms with Crippen molar-refractivity contribution in [1.29, 1.82) is 0 Å². The van der Waals surface area contributed by atoms with E-state index in [1.165, 1.54) is 11.1 Å². The monoisotopic (exact) mass is 556 g/mol. The molecule has 0 fully saturated rings. The summed E-state index contributed by atoms with van der Waals surface area (Å²) in [5.74, 6) is 0. The summed E-state index contributed by atoms with van der Waals surface area (Å²) in [6, 6.07) is 17.2. The lowest BCUT2D eigenvalue weighted by molar-refractivity contribution is -0.432. The molecule has 0 aliphatic carbocycles. The summed E-state index contributed by atoms with van der Waals surface area (Å²) < 4.78 is 13.9. The fourth-order valence-electron chi connectivity index (χ4n) is 4.57. The first-order valence-electron chi connectivity index (χ1n) is 13.2. The number of benzene rings is 2. The number of rotatable bonds is 15. The summed E-state index contributed by atoms with van der Waals surface area (Å²) in [5, 5.41) is 0. The number of allylic oxidation sites excluding steroid dienone is 6. The fourth-order valence-corrected chi connectivity index (χ4v) is 8.91. The Hall–Kier alpha value is -1.84. The van der Waals surface area contributed by atoms with Crippen molar-refractivity contribution in [1.82, 2.24) is 0 Å². The van der Waals surface area contributed by atoms with Gasteiger partial charge in [-0.25, -0.2) is 0 Å². The third kappa shape index (κ3) is 10.0. The highest BCUT2D eigenvalue weighted by Gasteiger charge is 2.53. The molecule has 0 heterocycles. The van der Waals surface area contributed by atoms with E-state index in [2.05, 4.69) is 32.9 Å². The zero-order valence-corrected chi connectivity index (χ0v) is 24.9. The van der Waals surface area contributed by atoms with Crippen LogP contribution in [0.1, 0.15) is 70.9 Å². The van der Waals surface area contributed by atoms with Gasteiger partial charge in [0.05, 0.1) is 0 Å². The molecule has 0 aliphatic rings. The Balaban J connectivity index is 2.19. The topological polar surface area (TPSA) is 106 Å². The molecule has 0 spiro atoms. The largest absolute Gasteiger partial charge is 0.687 e. The van der Waals surface area contributed by atoms with Gasteiger partial charge in [-0.05, 0) is 70.9 Å². The lowest BCUT2D eigenvalue weighted by Gasteiger charge is -2.58. The normalized spacial score (nSPS) is 14.7. The molecule has 0 radical (unpaired) electrons. The molecule has 2 aromatic carbocycles. The Labute approximate surface area is 229 Å². The molecule has 2 aromatic rings. The zero-order valence-electron chi connectivity index (χ0n) is 23.1. The quantitative estimate of drug-likeness (QED) is 0.211. The molecule has 1 N–H and O–H groups in total. The SMILES string of the molecule is CC(C)=CCC/C(C)=C/CC/C(C)=C/CCP(=O)(O)C(Cc1ccccc1)(Cc1ccccc1)[P+]([O-])([O-])[O-]. The van der Waals surface area contributed by atoms with E-state index in [0.29, 0.717) is 11.1 Å². The summed E-state index contributed by atoms with van der Waals surface area (Å²) in [4.78, 5) is 47.5. The molecule has 7 heteroatoms. The maximum absolute atomic E-state index is 13.9. The van der Waals surface area contributed by atoms with Crippen molar-refractivity contribution in [3.63, 3.8) is 0 Å². The van der Waals surface area contributed by atoms with E-state index in [4.69, 9.17) is 0 Å². The Kier molecular flexibility index (Phi) is 12.8. The van der Waals surface area contributed by atoms with Crippen LogP contribution in [-0.2, 0) is 17.4 Å². The van der Waals surface area contributed by atoms with Crippen molar-refractivity contribution < 1.29 is 24.1 Å². The highest BCUT2D eigenvalue weighted by atomic mass is 31.3. The average Bonchev–Trinajstić information content (AvgIpc) is 2.84. The predicted molar refractivity (Wildman–Crippen MR) is 155 cm³/mol. The van der Waals surface area contributed by atoms with Crippen LogP contribution in [0, 0.1) is 0 Å². The second-order valence-electron chi connectivity index (χ2n) is 10.5. The van der Waals surface area contributed by atoms with Gasteiger partial charge in [0.1, 0.15) is 4.90 Å². The van der Waals surface area contributed by atoms with Crippen LogP contribution in [0.4, 0.5) is 0 Å². The summed E-state index contributed by atoms with van der Waals surface area (Å²) in [6.07, 6.45) is 9.45. The first kappa shape index (κ1) is 32.4. The van der Waals surface area contributed by atoms with Gasteiger partial charge < -0.3 is 19.6 Å². The van der Waals surface area contributed by atoms with Crippen molar-refractivity contribution in [2.75, 3.05) is 6.16 Å². The van der Waals surface area contributed by atoms with E-state index in [1.807, 2.05) is 13.0 Å². The maximum atomic E-state index is 13.9. The van der Waals surface area contributed by atoms with E-state index in [9.17, 15) is 24.1 Å². The van der Waals surface area contributed by atoms with Crippen LogP contribution in [0.3, 0.4) is 0 Å². The average molecular weight is 557 g/mol. The molecule has 1 unspecified atom stereocenters. The first-order valence-corrected chi connectivity index (χ1v) is 16.6. The lowest BCUT2D eigenvalue weighted by Crippen LogP contribution is -2.53. The standard InChI is InChI=1S/C31H44O5P2/c1-26(2)14-11-15-27(3)16-12-17-28(4)18-13-23-37(32,33)31(38(34,35)36,24-29-19-7-5-8-20-29)25-30-21-9-6-10-22-30/h5-10,14,16,18-22H,11-13,15,17,23-25H2,1-4H3,(H,32,33)(H2,34,35,36)/p-2/b27-16+,28-18+. The molecule has 0 bridgehead atoms. The van der Waals surface area contributed by atoms with Gasteiger partial charge in [0, 0.05) is 19.0 Å². The molecule has 2 rings (SSSR count). The Morgan fingerprint density at radius 1 is 0.763 bits per heavy atom. The molecular formula is C31H42O5P2-2. The molecule has 0 amide bonds. The van der Waals surface area contributed by atoms with Gasteiger partial charge in [-0.2, -0.15) is 0 Å². The van der Waals surface area contributed by atoms with Crippen LogP contribution < -0.4 is 14.7 Å². The van der Waals surface area contributed by atoms with Crippen LogP contribution in [0.2, 0.25) is 0 Å². The van der Waals surface area contributed by atoms with Gasteiger partial charge in [0.2, 0.25) is 7.37 Å². The summed E-state index contributed by atoms with van der Waals surface area (Å²) in [6.45, 7) is 8.29. The van der Waals surface area contributed by atoms with Gasteiger partial charge in [-0.1, -0.05) is 95.6 Å². The van der Waals surface area contributed by atoms with Gasteiger partial charge in [0.25, 0.3) is 0 Å². The van der Waals surface area contributed by atoms with Crippen molar-refractivity contribution >= 4 is 15.3 Å². The Bertz CT molecular complexity index is 1090. The van der Waals surface area contributed by atoms with Crippen LogP contribution in [0.5, 0.6) is 0 Å². The molecule has 0 saturated carbocycles. The molecule has 0 aliphatic heterocycles. The van der Waals surface area contributed by atoms with Crippen molar-refractivity contribution in [3.05, 3.63) is 107 Å². The third-order valence-electron chi connectivity index (χ3n) is 6.87. The summed E-state index contributed by atoms with van der Waals surface area (Å²) in [7, 11) is -9.97. The van der Waals surface area contributed by atoms with Gasteiger partial charge in [-0.3, -0.25) is 4.57 Å². The third-order valence-corrected chi connectivity index (χ3v) is 12.4. The molecule has 208 valence electrons. The molecule has 5 nitrogen and oxygen atoms in total. The van der Waals surface area contributed by atoms with E-state index in [0.717, 1.165) is 31.3 Å².